The summed E-state index contributed by atoms with van der Waals surface area (Å²) < 4.78 is 46.7. The quantitative estimate of drug-likeness (QED) is 0.508. The molecule has 0 spiro atoms. The Labute approximate surface area is 212 Å². The minimum atomic E-state index is -4.48. The van der Waals surface area contributed by atoms with Crippen LogP contribution in [0.3, 0.4) is 0 Å². The van der Waals surface area contributed by atoms with Gasteiger partial charge in [0.25, 0.3) is 0 Å². The van der Waals surface area contributed by atoms with E-state index in [0.29, 0.717) is 57.5 Å². The van der Waals surface area contributed by atoms with Gasteiger partial charge in [0, 0.05) is 62.2 Å². The number of hydrogen-bond acceptors (Lipinski definition) is 7. The number of morpholine rings is 1. The highest BCUT2D eigenvalue weighted by Gasteiger charge is 2.49. The van der Waals surface area contributed by atoms with E-state index >= 15 is 0 Å². The smallest absolute Gasteiger partial charge is 0.379 e. The molecule has 2 aliphatic rings. The second-order valence-corrected chi connectivity index (χ2v) is 9.10. The van der Waals surface area contributed by atoms with Gasteiger partial charge in [-0.3, -0.25) is 9.80 Å². The fourth-order valence-electron chi connectivity index (χ4n) is 5.24. The molecule has 0 saturated carbocycles. The number of alkyl halides is 3. The summed E-state index contributed by atoms with van der Waals surface area (Å²) in [6.07, 6.45) is 0.145. The Kier molecular flexibility index (Phi) is 7.11. The van der Waals surface area contributed by atoms with Gasteiger partial charge in [-0.15, -0.1) is 0 Å². The molecule has 36 heavy (non-hydrogen) atoms. The predicted molar refractivity (Wildman–Crippen MR) is 130 cm³/mol. The Morgan fingerprint density at radius 1 is 0.778 bits per heavy atom. The molecule has 0 amide bonds. The third-order valence-electron chi connectivity index (χ3n) is 6.79. The van der Waals surface area contributed by atoms with Crippen LogP contribution in [0.1, 0.15) is 16.8 Å². The molecule has 2 aliphatic heterocycles. The van der Waals surface area contributed by atoms with Gasteiger partial charge in [-0.2, -0.15) is 13.2 Å². The Hall–Kier alpha value is -2.79. The number of rotatable bonds is 5. The van der Waals surface area contributed by atoms with Crippen molar-refractivity contribution >= 4 is 17.4 Å². The van der Waals surface area contributed by atoms with Crippen molar-refractivity contribution in [1.82, 2.24) is 24.8 Å². The summed E-state index contributed by atoms with van der Waals surface area (Å²) >= 11 is 6.82. The number of hydrogen-bond donors (Lipinski definition) is 0. The lowest BCUT2D eigenvalue weighted by atomic mass is 9.89. The standard InChI is InChI=1S/C25H26ClF3N6O/c26-21-6-2-1-4-19(21)24(22-7-9-30-18-32-22,35-14-16-36-17-15-35)34-12-10-33(11-13-34)23-20(25(27,28)29)5-3-8-31-23/h1-9,18H,10-17H2. The van der Waals surface area contributed by atoms with Crippen LogP contribution in [0.2, 0.25) is 5.02 Å². The molecule has 2 saturated heterocycles. The third-order valence-corrected chi connectivity index (χ3v) is 7.12. The predicted octanol–water partition coefficient (Wildman–Crippen LogP) is 3.90. The van der Waals surface area contributed by atoms with E-state index in [-0.39, 0.29) is 5.82 Å². The van der Waals surface area contributed by atoms with Gasteiger partial charge < -0.3 is 9.64 Å². The number of nitrogens with zero attached hydrogens (tertiary/aromatic N) is 6. The molecule has 4 heterocycles. The van der Waals surface area contributed by atoms with E-state index in [2.05, 4.69) is 24.8 Å². The van der Waals surface area contributed by atoms with Gasteiger partial charge in [0.05, 0.1) is 24.5 Å². The summed E-state index contributed by atoms with van der Waals surface area (Å²) in [5.74, 6) is -0.0404. The van der Waals surface area contributed by atoms with Crippen LogP contribution in [0.15, 0.2) is 61.2 Å². The van der Waals surface area contributed by atoms with E-state index in [9.17, 15) is 13.2 Å². The van der Waals surface area contributed by atoms with E-state index in [0.717, 1.165) is 17.3 Å². The first-order valence-corrected chi connectivity index (χ1v) is 12.2. The topological polar surface area (TPSA) is 57.6 Å². The first-order valence-electron chi connectivity index (χ1n) is 11.8. The zero-order valence-corrected chi connectivity index (χ0v) is 20.3. The maximum absolute atomic E-state index is 13.7. The fourth-order valence-corrected chi connectivity index (χ4v) is 5.51. The van der Waals surface area contributed by atoms with E-state index in [4.69, 9.17) is 16.3 Å². The lowest BCUT2D eigenvalue weighted by molar-refractivity contribution is -0.137. The Morgan fingerprint density at radius 2 is 1.47 bits per heavy atom. The normalized spacial score (nSPS) is 19.7. The minimum Gasteiger partial charge on any atom is -0.379 e. The number of piperazine rings is 1. The summed E-state index contributed by atoms with van der Waals surface area (Å²) in [5.41, 5.74) is 0.0674. The Morgan fingerprint density at radius 3 is 2.14 bits per heavy atom. The summed E-state index contributed by atoms with van der Waals surface area (Å²) in [7, 11) is 0. The molecule has 11 heteroatoms. The van der Waals surface area contributed by atoms with Crippen LogP contribution in [0, 0.1) is 0 Å². The molecular weight excluding hydrogens is 493 g/mol. The Bertz CT molecular complexity index is 1170. The van der Waals surface area contributed by atoms with E-state index < -0.39 is 17.4 Å². The molecule has 7 nitrogen and oxygen atoms in total. The van der Waals surface area contributed by atoms with Crippen LogP contribution in [-0.2, 0) is 16.6 Å². The van der Waals surface area contributed by atoms with Gasteiger partial charge in [0.1, 0.15) is 17.8 Å². The van der Waals surface area contributed by atoms with Gasteiger partial charge in [-0.05, 0) is 24.3 Å². The molecule has 0 radical (unpaired) electrons. The van der Waals surface area contributed by atoms with Gasteiger partial charge in [0.15, 0.2) is 0 Å². The van der Waals surface area contributed by atoms with Gasteiger partial charge >= 0.3 is 6.18 Å². The monoisotopic (exact) mass is 518 g/mol. The number of benzene rings is 1. The average Bonchev–Trinajstić information content (AvgIpc) is 2.91. The third kappa shape index (κ3) is 4.54. The SMILES string of the molecule is FC(F)(F)c1cccnc1N1CCN(C(c2ccncn2)(c2ccccc2Cl)N2CCOCC2)CC1. The molecule has 190 valence electrons. The molecule has 1 atom stereocenters. The van der Waals surface area contributed by atoms with Crippen molar-refractivity contribution in [3.05, 3.63) is 83.0 Å². The van der Waals surface area contributed by atoms with Crippen molar-refractivity contribution in [2.75, 3.05) is 57.4 Å². The zero-order chi connectivity index (χ0) is 25.2. The molecule has 1 unspecified atom stereocenters. The lowest BCUT2D eigenvalue weighted by Crippen LogP contribution is -2.65. The fraction of sp³-hybridized carbons (Fsp3) is 0.400. The second kappa shape index (κ2) is 10.3. The molecule has 3 aromatic rings. The summed E-state index contributed by atoms with van der Waals surface area (Å²) in [6, 6.07) is 12.0. The van der Waals surface area contributed by atoms with Crippen LogP contribution in [0.5, 0.6) is 0 Å². The largest absolute Gasteiger partial charge is 0.419 e. The highest BCUT2D eigenvalue weighted by Crippen LogP contribution is 2.43. The first kappa shape index (κ1) is 24.9. The van der Waals surface area contributed by atoms with Crippen molar-refractivity contribution in [2.24, 2.45) is 0 Å². The van der Waals surface area contributed by atoms with Crippen molar-refractivity contribution < 1.29 is 17.9 Å². The molecule has 2 fully saturated rings. The molecule has 0 N–H and O–H groups in total. The molecule has 1 aromatic carbocycles. The molecular formula is C25H26ClF3N6O. The molecule has 2 aromatic heterocycles. The van der Waals surface area contributed by atoms with E-state index in [1.807, 2.05) is 30.3 Å². The van der Waals surface area contributed by atoms with E-state index in [1.165, 1.54) is 18.6 Å². The van der Waals surface area contributed by atoms with Crippen molar-refractivity contribution in [3.63, 3.8) is 0 Å². The number of ether oxygens (including phenoxy) is 1. The maximum atomic E-state index is 13.7. The van der Waals surface area contributed by atoms with Crippen LogP contribution in [0.25, 0.3) is 0 Å². The summed E-state index contributed by atoms with van der Waals surface area (Å²) in [4.78, 5) is 19.2. The van der Waals surface area contributed by atoms with Gasteiger partial charge in [-0.25, -0.2) is 15.0 Å². The van der Waals surface area contributed by atoms with Crippen molar-refractivity contribution in [1.29, 1.82) is 0 Å². The first-order chi connectivity index (χ1) is 17.4. The van der Waals surface area contributed by atoms with Crippen molar-refractivity contribution in [3.8, 4) is 0 Å². The lowest BCUT2D eigenvalue weighted by Gasteiger charge is -2.54. The number of anilines is 1. The Balaban J connectivity index is 1.56. The summed E-state index contributed by atoms with van der Waals surface area (Å²) in [6.45, 7) is 4.08. The van der Waals surface area contributed by atoms with Crippen molar-refractivity contribution in [2.45, 2.75) is 11.8 Å². The minimum absolute atomic E-state index is 0.0404. The van der Waals surface area contributed by atoms with Crippen LogP contribution < -0.4 is 4.90 Å². The highest BCUT2D eigenvalue weighted by atomic mass is 35.5. The number of pyridine rings is 1. The van der Waals surface area contributed by atoms with Crippen LogP contribution in [-0.4, -0.2) is 77.2 Å². The number of halogens is 4. The van der Waals surface area contributed by atoms with Gasteiger partial charge in [-0.1, -0.05) is 29.8 Å². The van der Waals surface area contributed by atoms with Crippen LogP contribution >= 0.6 is 11.6 Å². The second-order valence-electron chi connectivity index (χ2n) is 8.69. The molecule has 0 bridgehead atoms. The molecule has 5 rings (SSSR count). The summed E-state index contributed by atoms with van der Waals surface area (Å²) in [5, 5.41) is 0.592. The van der Waals surface area contributed by atoms with Crippen LogP contribution in [0.4, 0.5) is 19.0 Å². The maximum Gasteiger partial charge on any atom is 0.419 e. The number of aromatic nitrogens is 3. The van der Waals surface area contributed by atoms with E-state index in [1.54, 1.807) is 11.1 Å². The highest BCUT2D eigenvalue weighted by molar-refractivity contribution is 6.31. The zero-order valence-electron chi connectivity index (χ0n) is 19.5. The molecule has 0 aliphatic carbocycles. The van der Waals surface area contributed by atoms with Gasteiger partial charge in [0.2, 0.25) is 0 Å². The average molecular weight is 519 g/mol.